The Balaban J connectivity index is 1.64. The van der Waals surface area contributed by atoms with Crippen LogP contribution >= 0.6 is 0 Å². The summed E-state index contributed by atoms with van der Waals surface area (Å²) < 4.78 is 59.6. The number of methoxy groups -OCH3 is 1. The molecule has 0 saturated carbocycles. The Hall–Kier alpha value is -3.39. The van der Waals surface area contributed by atoms with Gasteiger partial charge in [-0.2, -0.15) is 13.2 Å². The van der Waals surface area contributed by atoms with E-state index in [1.165, 1.54) is 36.4 Å². The number of benzene rings is 3. The molecule has 2 atom stereocenters. The van der Waals surface area contributed by atoms with Crippen molar-refractivity contribution >= 4 is 5.91 Å². The second-order valence-corrected chi connectivity index (χ2v) is 10.1. The lowest BCUT2D eigenvalue weighted by molar-refractivity contribution is -0.137. The van der Waals surface area contributed by atoms with Crippen molar-refractivity contribution in [3.63, 3.8) is 0 Å². The van der Waals surface area contributed by atoms with Gasteiger partial charge in [-0.25, -0.2) is 4.39 Å². The molecule has 4 rings (SSSR count). The molecule has 0 unspecified atom stereocenters. The number of nitrogens with zero attached hydrogens (tertiary/aromatic N) is 2. The molecule has 0 N–H and O–H groups in total. The van der Waals surface area contributed by atoms with Crippen LogP contribution in [0.15, 0.2) is 72.8 Å². The van der Waals surface area contributed by atoms with Gasteiger partial charge in [0.25, 0.3) is 5.91 Å². The third kappa shape index (κ3) is 6.35. The number of rotatable bonds is 8. The first-order valence-electron chi connectivity index (χ1n) is 12.6. The van der Waals surface area contributed by atoms with E-state index in [4.69, 9.17) is 4.74 Å². The highest BCUT2D eigenvalue weighted by molar-refractivity contribution is 5.94. The van der Waals surface area contributed by atoms with Gasteiger partial charge in [0.15, 0.2) is 0 Å². The van der Waals surface area contributed by atoms with Crippen molar-refractivity contribution in [2.45, 2.75) is 38.5 Å². The zero-order chi connectivity index (χ0) is 27.4. The summed E-state index contributed by atoms with van der Waals surface area (Å²) in [5.74, 6) is -0.230. The minimum Gasteiger partial charge on any atom is -0.496 e. The van der Waals surface area contributed by atoms with E-state index in [2.05, 4.69) is 4.90 Å². The minimum atomic E-state index is -4.44. The summed E-state index contributed by atoms with van der Waals surface area (Å²) in [6.45, 7) is 5.88. The molecule has 38 heavy (non-hydrogen) atoms. The largest absolute Gasteiger partial charge is 0.496 e. The molecule has 0 aliphatic carbocycles. The number of carbonyl (C=O) groups excluding carboxylic acids is 1. The Labute approximate surface area is 220 Å². The minimum absolute atomic E-state index is 0.111. The number of amides is 1. The smallest absolute Gasteiger partial charge is 0.416 e. The van der Waals surface area contributed by atoms with Gasteiger partial charge in [0.1, 0.15) is 11.6 Å². The molecule has 202 valence electrons. The molecule has 0 aromatic heterocycles. The number of para-hydroxylation sites is 1. The van der Waals surface area contributed by atoms with Crippen molar-refractivity contribution in [3.8, 4) is 5.75 Å². The van der Waals surface area contributed by atoms with Crippen LogP contribution in [0.4, 0.5) is 17.6 Å². The zero-order valence-corrected chi connectivity index (χ0v) is 21.7. The predicted molar refractivity (Wildman–Crippen MR) is 139 cm³/mol. The Morgan fingerprint density at radius 1 is 1.03 bits per heavy atom. The molecule has 8 heteroatoms. The first kappa shape index (κ1) is 27.6. The van der Waals surface area contributed by atoms with Crippen LogP contribution in [0.5, 0.6) is 5.75 Å². The van der Waals surface area contributed by atoms with E-state index < -0.39 is 17.6 Å². The van der Waals surface area contributed by atoms with Gasteiger partial charge < -0.3 is 9.64 Å². The first-order valence-corrected chi connectivity index (χ1v) is 12.6. The summed E-state index contributed by atoms with van der Waals surface area (Å²) >= 11 is 0. The monoisotopic (exact) mass is 528 g/mol. The fraction of sp³-hybridized carbons (Fsp3) is 0.367. The second kappa shape index (κ2) is 11.6. The topological polar surface area (TPSA) is 32.8 Å². The van der Waals surface area contributed by atoms with E-state index in [9.17, 15) is 22.4 Å². The number of ether oxygens (including phenoxy) is 1. The molecule has 0 bridgehead atoms. The van der Waals surface area contributed by atoms with Crippen LogP contribution in [-0.4, -0.2) is 48.5 Å². The van der Waals surface area contributed by atoms with E-state index in [1.54, 1.807) is 18.1 Å². The maximum Gasteiger partial charge on any atom is 0.416 e. The van der Waals surface area contributed by atoms with Gasteiger partial charge in [0, 0.05) is 49.3 Å². The van der Waals surface area contributed by atoms with Gasteiger partial charge in [0.05, 0.1) is 12.7 Å². The van der Waals surface area contributed by atoms with Crippen molar-refractivity contribution < 1.29 is 27.1 Å². The second-order valence-electron chi connectivity index (χ2n) is 10.1. The van der Waals surface area contributed by atoms with Crippen LogP contribution in [0.2, 0.25) is 0 Å². The van der Waals surface area contributed by atoms with E-state index in [1.807, 2.05) is 38.1 Å². The summed E-state index contributed by atoms with van der Waals surface area (Å²) in [6, 6.07) is 18.4. The maximum atomic E-state index is 13.5. The number of carbonyl (C=O) groups is 1. The number of hydrogen-bond acceptors (Lipinski definition) is 3. The zero-order valence-electron chi connectivity index (χ0n) is 21.7. The van der Waals surface area contributed by atoms with E-state index in [0.29, 0.717) is 37.3 Å². The number of halogens is 4. The lowest BCUT2D eigenvalue weighted by atomic mass is 9.87. The lowest BCUT2D eigenvalue weighted by Gasteiger charge is -2.32. The molecule has 1 aliphatic rings. The molecule has 4 nitrogen and oxygen atoms in total. The molecule has 1 saturated heterocycles. The van der Waals surface area contributed by atoms with Crippen molar-refractivity contribution in [3.05, 3.63) is 101 Å². The molecule has 1 aliphatic heterocycles. The number of hydrogen-bond donors (Lipinski definition) is 0. The van der Waals surface area contributed by atoms with Crippen LogP contribution < -0.4 is 4.74 Å². The fourth-order valence-electron chi connectivity index (χ4n) is 5.21. The van der Waals surface area contributed by atoms with Gasteiger partial charge in [-0.15, -0.1) is 0 Å². The van der Waals surface area contributed by atoms with Crippen LogP contribution in [0.3, 0.4) is 0 Å². The normalized spacial score (nSPS) is 18.1. The standard InChI is InChI=1S/C30H32F4N2O2/c1-20(2)36(29(37)21-11-13-26(31)14-12-21)18-24-17-35(16-23-7-4-5-10-28(23)38-3)19-27(24)22-8-6-9-25(15-22)30(32,33)34/h4-15,20,24,27H,16-19H2,1-3H3/t24-,27-/m1/s1. The Kier molecular flexibility index (Phi) is 8.41. The van der Waals surface area contributed by atoms with Gasteiger partial charge in [-0.3, -0.25) is 9.69 Å². The summed E-state index contributed by atoms with van der Waals surface area (Å²) in [5.41, 5.74) is 1.28. The molecule has 0 spiro atoms. The van der Waals surface area contributed by atoms with Crippen molar-refractivity contribution in [2.24, 2.45) is 5.92 Å². The van der Waals surface area contributed by atoms with E-state index in [0.717, 1.165) is 17.4 Å². The van der Waals surface area contributed by atoms with Gasteiger partial charge in [-0.05, 0) is 61.7 Å². The fourth-order valence-corrected chi connectivity index (χ4v) is 5.21. The Morgan fingerprint density at radius 3 is 2.39 bits per heavy atom. The Morgan fingerprint density at radius 2 is 1.74 bits per heavy atom. The molecule has 1 fully saturated rings. The maximum absolute atomic E-state index is 13.5. The average molecular weight is 529 g/mol. The van der Waals surface area contributed by atoms with E-state index >= 15 is 0 Å². The van der Waals surface area contributed by atoms with Crippen molar-refractivity contribution in [1.82, 2.24) is 9.80 Å². The molecule has 0 radical (unpaired) electrons. The molecule has 3 aromatic carbocycles. The third-order valence-corrected chi connectivity index (χ3v) is 7.15. The van der Waals surface area contributed by atoms with Crippen LogP contribution in [0.1, 0.15) is 46.8 Å². The first-order chi connectivity index (χ1) is 18.1. The molecule has 1 amide bonds. The van der Waals surface area contributed by atoms with Crippen molar-refractivity contribution in [1.29, 1.82) is 0 Å². The highest BCUT2D eigenvalue weighted by atomic mass is 19.4. The lowest BCUT2D eigenvalue weighted by Crippen LogP contribution is -2.42. The van der Waals surface area contributed by atoms with E-state index in [-0.39, 0.29) is 23.8 Å². The third-order valence-electron chi connectivity index (χ3n) is 7.15. The highest BCUT2D eigenvalue weighted by Gasteiger charge is 2.38. The van der Waals surface area contributed by atoms with Gasteiger partial charge in [-0.1, -0.05) is 36.4 Å². The van der Waals surface area contributed by atoms with Crippen molar-refractivity contribution in [2.75, 3.05) is 26.7 Å². The summed E-state index contributed by atoms with van der Waals surface area (Å²) in [6.07, 6.45) is -4.44. The van der Waals surface area contributed by atoms with Gasteiger partial charge >= 0.3 is 6.18 Å². The van der Waals surface area contributed by atoms with Crippen LogP contribution in [0, 0.1) is 11.7 Å². The predicted octanol–water partition coefficient (Wildman–Crippen LogP) is 6.62. The average Bonchev–Trinajstić information content (AvgIpc) is 3.29. The quantitative estimate of drug-likeness (QED) is 0.308. The molecular formula is C30H32F4N2O2. The number of likely N-dealkylation sites (tertiary alicyclic amines) is 1. The molecule has 1 heterocycles. The summed E-state index contributed by atoms with van der Waals surface area (Å²) in [5, 5.41) is 0. The summed E-state index contributed by atoms with van der Waals surface area (Å²) in [7, 11) is 1.61. The highest BCUT2D eigenvalue weighted by Crippen LogP contribution is 2.38. The van der Waals surface area contributed by atoms with Crippen LogP contribution in [-0.2, 0) is 12.7 Å². The SMILES string of the molecule is COc1ccccc1CN1C[C@H](CN(C(=O)c2ccc(F)cc2)C(C)C)[C@@H](c2cccc(C(F)(F)F)c2)C1. The van der Waals surface area contributed by atoms with Crippen LogP contribution in [0.25, 0.3) is 0 Å². The number of alkyl halides is 3. The summed E-state index contributed by atoms with van der Waals surface area (Å²) in [4.78, 5) is 17.3. The Bertz CT molecular complexity index is 1240. The molecule has 3 aromatic rings. The molecular weight excluding hydrogens is 496 g/mol. The van der Waals surface area contributed by atoms with Gasteiger partial charge in [0.2, 0.25) is 0 Å².